The summed E-state index contributed by atoms with van der Waals surface area (Å²) in [6.45, 7) is 5.51. The fourth-order valence-electron chi connectivity index (χ4n) is 2.00. The average molecular weight is 257 g/mol. The number of fused-ring (bicyclic) bond motifs is 1. The van der Waals surface area contributed by atoms with Gasteiger partial charge in [0.2, 0.25) is 0 Å². The Morgan fingerprint density at radius 3 is 2.58 bits per heavy atom. The van der Waals surface area contributed by atoms with Crippen LogP contribution in [0.2, 0.25) is 0 Å². The first-order valence-corrected chi connectivity index (χ1v) is 6.19. The summed E-state index contributed by atoms with van der Waals surface area (Å²) in [5, 5.41) is 2.16. The molecule has 0 saturated heterocycles. The van der Waals surface area contributed by atoms with E-state index in [1.54, 1.807) is 7.11 Å². The molecule has 0 aliphatic rings. The average Bonchev–Trinajstić information content (AvgIpc) is 2.45. The van der Waals surface area contributed by atoms with Crippen LogP contribution in [-0.4, -0.2) is 19.7 Å². The van der Waals surface area contributed by atoms with Crippen molar-refractivity contribution >= 4 is 16.7 Å². The quantitative estimate of drug-likeness (QED) is 0.788. The van der Waals surface area contributed by atoms with Crippen molar-refractivity contribution in [3.8, 4) is 5.75 Å². The summed E-state index contributed by atoms with van der Waals surface area (Å²) >= 11 is 0. The van der Waals surface area contributed by atoms with Gasteiger partial charge in [-0.3, -0.25) is 4.79 Å². The minimum atomic E-state index is -0.284. The van der Waals surface area contributed by atoms with Gasteiger partial charge < -0.3 is 9.47 Å². The fourth-order valence-corrected chi connectivity index (χ4v) is 2.00. The summed E-state index contributed by atoms with van der Waals surface area (Å²) in [6.07, 6.45) is 0. The first kappa shape index (κ1) is 13.4. The molecule has 0 heterocycles. The van der Waals surface area contributed by atoms with Gasteiger partial charge in [-0.25, -0.2) is 0 Å². The summed E-state index contributed by atoms with van der Waals surface area (Å²) in [4.78, 5) is 11.7. The van der Waals surface area contributed by atoms with Crippen molar-refractivity contribution in [2.45, 2.75) is 12.8 Å². The van der Waals surface area contributed by atoms with Crippen molar-refractivity contribution in [1.29, 1.82) is 0 Å². The summed E-state index contributed by atoms with van der Waals surface area (Å²) in [6, 6.07) is 11.8. The zero-order valence-corrected chi connectivity index (χ0v) is 11.2. The van der Waals surface area contributed by atoms with Crippen LogP contribution in [-0.2, 0) is 9.53 Å². The maximum atomic E-state index is 11.7. The molecule has 3 nitrogen and oxygen atoms in total. The number of carbonyl (C=O) groups is 1. The first-order valence-electron chi connectivity index (χ1n) is 6.19. The maximum Gasteiger partial charge on any atom is 0.313 e. The second-order valence-electron chi connectivity index (χ2n) is 4.36. The van der Waals surface area contributed by atoms with Crippen molar-refractivity contribution in [1.82, 2.24) is 0 Å². The van der Waals surface area contributed by atoms with Gasteiger partial charge in [0, 0.05) is 0 Å². The van der Waals surface area contributed by atoms with E-state index >= 15 is 0 Å². The lowest BCUT2D eigenvalue weighted by molar-refractivity contribution is -0.143. The summed E-state index contributed by atoms with van der Waals surface area (Å²) < 4.78 is 10.1. The Kier molecular flexibility index (Phi) is 4.05. The predicted octanol–water partition coefficient (Wildman–Crippen LogP) is 3.33. The van der Waals surface area contributed by atoms with E-state index in [-0.39, 0.29) is 18.5 Å². The number of methoxy groups -OCH3 is 1. The molecule has 0 amide bonds. The normalized spacial score (nSPS) is 12.2. The molecule has 19 heavy (non-hydrogen) atoms. The Labute approximate surface area is 113 Å². The van der Waals surface area contributed by atoms with Crippen molar-refractivity contribution < 1.29 is 14.3 Å². The Hall–Kier alpha value is -2.03. The van der Waals surface area contributed by atoms with Crippen LogP contribution in [0.3, 0.4) is 0 Å². The van der Waals surface area contributed by atoms with Crippen LogP contribution in [0.4, 0.5) is 0 Å². The highest BCUT2D eigenvalue weighted by Gasteiger charge is 2.16. The van der Waals surface area contributed by atoms with Gasteiger partial charge in [-0.05, 0) is 42.3 Å². The van der Waals surface area contributed by atoms with Gasteiger partial charge in [-0.1, -0.05) is 24.3 Å². The molecule has 0 spiro atoms. The van der Waals surface area contributed by atoms with Crippen molar-refractivity contribution in [3.05, 3.63) is 48.9 Å². The van der Waals surface area contributed by atoms with Crippen LogP contribution in [0.25, 0.3) is 10.8 Å². The third-order valence-corrected chi connectivity index (χ3v) is 3.17. The first-order chi connectivity index (χ1) is 9.15. The van der Waals surface area contributed by atoms with Crippen molar-refractivity contribution in [2.24, 2.45) is 0 Å². The van der Waals surface area contributed by atoms with Crippen LogP contribution < -0.4 is 4.74 Å². The Balaban J connectivity index is 2.33. The molecule has 0 fully saturated rings. The van der Waals surface area contributed by atoms with E-state index in [1.807, 2.05) is 43.3 Å². The largest absolute Gasteiger partial charge is 0.497 e. The van der Waals surface area contributed by atoms with Crippen LogP contribution in [0.1, 0.15) is 18.4 Å². The summed E-state index contributed by atoms with van der Waals surface area (Å²) in [5.41, 5.74) is 0.941. The van der Waals surface area contributed by atoms with Gasteiger partial charge in [-0.2, -0.15) is 0 Å². The number of hydrogen-bond donors (Lipinski definition) is 0. The lowest BCUT2D eigenvalue weighted by atomic mass is 9.98. The molecule has 1 atom stereocenters. The molecule has 0 aromatic heterocycles. The van der Waals surface area contributed by atoms with Gasteiger partial charge in [0.05, 0.1) is 19.6 Å². The number of ether oxygens (including phenoxy) is 2. The van der Waals surface area contributed by atoms with Crippen LogP contribution >= 0.6 is 0 Å². The van der Waals surface area contributed by atoms with Gasteiger partial charge in [0.1, 0.15) is 5.75 Å². The second-order valence-corrected chi connectivity index (χ2v) is 4.36. The predicted molar refractivity (Wildman–Crippen MR) is 75.2 cm³/mol. The molecule has 0 bridgehead atoms. The van der Waals surface area contributed by atoms with Crippen molar-refractivity contribution in [3.63, 3.8) is 0 Å². The van der Waals surface area contributed by atoms with Gasteiger partial charge in [-0.15, -0.1) is 0 Å². The van der Waals surface area contributed by atoms with E-state index in [2.05, 4.69) is 6.92 Å². The third kappa shape index (κ3) is 2.87. The molecule has 2 aromatic carbocycles. The third-order valence-electron chi connectivity index (χ3n) is 3.17. The summed E-state index contributed by atoms with van der Waals surface area (Å²) in [7, 11) is 1.65. The number of esters is 1. The van der Waals surface area contributed by atoms with E-state index in [9.17, 15) is 4.79 Å². The fraction of sp³-hybridized carbons (Fsp3) is 0.250. The summed E-state index contributed by atoms with van der Waals surface area (Å²) in [5.74, 6) is 0.292. The molecule has 0 aliphatic heterocycles. The molecule has 2 rings (SSSR count). The van der Waals surface area contributed by atoms with Crippen LogP contribution in [0.5, 0.6) is 5.75 Å². The molecular weight excluding hydrogens is 240 g/mol. The van der Waals surface area contributed by atoms with E-state index in [0.717, 1.165) is 22.1 Å². The minimum absolute atomic E-state index is 0.161. The maximum absolute atomic E-state index is 11.7. The van der Waals surface area contributed by atoms with Crippen LogP contribution in [0.15, 0.2) is 36.4 Å². The van der Waals surface area contributed by atoms with Gasteiger partial charge in [0.15, 0.2) is 0 Å². The number of rotatable bonds is 4. The second kappa shape index (κ2) is 5.74. The Bertz CT molecular complexity index is 590. The molecular formula is C16H17O3. The lowest BCUT2D eigenvalue weighted by Gasteiger charge is -2.12. The SMILES string of the molecule is [CH2]COC(=O)[C@@H](C)c1ccc2cc(OC)ccc2c1. The lowest BCUT2D eigenvalue weighted by Crippen LogP contribution is -2.12. The van der Waals surface area contributed by atoms with E-state index in [0.29, 0.717) is 0 Å². The molecule has 0 saturated carbocycles. The number of carbonyl (C=O) groups excluding carboxylic acids is 1. The van der Waals surface area contributed by atoms with E-state index in [1.165, 1.54) is 0 Å². The molecule has 3 heteroatoms. The molecule has 2 aromatic rings. The Morgan fingerprint density at radius 1 is 1.21 bits per heavy atom. The Morgan fingerprint density at radius 2 is 1.89 bits per heavy atom. The smallest absolute Gasteiger partial charge is 0.313 e. The highest BCUT2D eigenvalue weighted by molar-refractivity contribution is 5.86. The number of benzene rings is 2. The number of hydrogen-bond acceptors (Lipinski definition) is 3. The zero-order valence-electron chi connectivity index (χ0n) is 11.2. The highest BCUT2D eigenvalue weighted by atomic mass is 16.5. The molecule has 0 unspecified atom stereocenters. The van der Waals surface area contributed by atoms with Crippen molar-refractivity contribution in [2.75, 3.05) is 13.7 Å². The zero-order chi connectivity index (χ0) is 13.8. The van der Waals surface area contributed by atoms with Crippen LogP contribution in [0, 0.1) is 6.92 Å². The van der Waals surface area contributed by atoms with E-state index in [4.69, 9.17) is 9.47 Å². The minimum Gasteiger partial charge on any atom is -0.497 e. The van der Waals surface area contributed by atoms with Gasteiger partial charge >= 0.3 is 5.97 Å². The van der Waals surface area contributed by atoms with E-state index < -0.39 is 0 Å². The molecule has 0 N–H and O–H groups in total. The molecule has 0 aliphatic carbocycles. The molecule has 99 valence electrons. The highest BCUT2D eigenvalue weighted by Crippen LogP contribution is 2.25. The monoisotopic (exact) mass is 257 g/mol. The van der Waals surface area contributed by atoms with Gasteiger partial charge in [0.25, 0.3) is 0 Å². The standard InChI is InChI=1S/C16H17O3/c1-4-19-16(17)11(2)12-5-6-14-10-15(18-3)8-7-13(14)9-12/h5-11H,1,4H2,2-3H3/t11-/m0/s1. The molecule has 1 radical (unpaired) electrons. The topological polar surface area (TPSA) is 35.5 Å².